The van der Waals surface area contributed by atoms with Gasteiger partial charge in [0.05, 0.1) is 0 Å². The zero-order valence-corrected chi connectivity index (χ0v) is 10.3. The second-order valence-electron chi connectivity index (χ2n) is 4.00. The highest BCUT2D eigenvalue weighted by Crippen LogP contribution is 2.13. The Morgan fingerprint density at radius 3 is 2.47 bits per heavy atom. The number of nitrogens with one attached hydrogen (secondary N) is 1. The Morgan fingerprint density at radius 1 is 1.26 bits per heavy atom. The molecule has 0 saturated heterocycles. The van der Waals surface area contributed by atoms with E-state index in [4.69, 9.17) is 0 Å². The molecule has 2 rings (SSSR count). The van der Waals surface area contributed by atoms with Gasteiger partial charge < -0.3 is 10.4 Å². The lowest BCUT2D eigenvalue weighted by Gasteiger charge is -2.14. The maximum absolute atomic E-state index is 12.0. The summed E-state index contributed by atoms with van der Waals surface area (Å²) in [6, 6.07) is 8.99. The zero-order valence-electron chi connectivity index (χ0n) is 10.3. The summed E-state index contributed by atoms with van der Waals surface area (Å²) in [4.78, 5) is 23.2. The molecule has 2 N–H and O–H groups in total. The van der Waals surface area contributed by atoms with Gasteiger partial charge in [-0.25, -0.2) is 4.79 Å². The third-order valence-corrected chi connectivity index (χ3v) is 2.71. The maximum atomic E-state index is 12.0. The smallest absolute Gasteiger partial charge is 0.330 e. The summed E-state index contributed by atoms with van der Waals surface area (Å²) in [6.45, 7) is 0. The number of aliphatic carboxylic acids is 1. The van der Waals surface area contributed by atoms with Crippen molar-refractivity contribution in [2.24, 2.45) is 7.05 Å². The van der Waals surface area contributed by atoms with Crippen molar-refractivity contribution in [3.05, 3.63) is 53.9 Å². The third-order valence-electron chi connectivity index (χ3n) is 2.71. The van der Waals surface area contributed by atoms with Gasteiger partial charge in [0.25, 0.3) is 5.91 Å². The van der Waals surface area contributed by atoms with Gasteiger partial charge >= 0.3 is 5.97 Å². The number of benzene rings is 1. The normalized spacial score (nSPS) is 11.8. The van der Waals surface area contributed by atoms with Crippen LogP contribution in [0.3, 0.4) is 0 Å². The highest BCUT2D eigenvalue weighted by Gasteiger charge is 2.23. The molecule has 2 aromatic rings. The standard InChI is InChI=1S/C13H13N3O3/c1-16-10(7-8-14-16)12(17)15-11(13(18)19)9-5-3-2-4-6-9/h2-8,11H,1H3,(H,15,17)(H,18,19)/t11-/m0/s1. The number of hydrogen-bond donors (Lipinski definition) is 2. The minimum absolute atomic E-state index is 0.308. The van der Waals surface area contributed by atoms with Crippen molar-refractivity contribution in [2.45, 2.75) is 6.04 Å². The van der Waals surface area contributed by atoms with Crippen molar-refractivity contribution < 1.29 is 14.7 Å². The van der Waals surface area contributed by atoms with Crippen molar-refractivity contribution in [1.82, 2.24) is 15.1 Å². The van der Waals surface area contributed by atoms with E-state index in [9.17, 15) is 14.7 Å². The number of carbonyl (C=O) groups is 2. The fourth-order valence-electron chi connectivity index (χ4n) is 1.73. The van der Waals surface area contributed by atoms with Crippen molar-refractivity contribution in [2.75, 3.05) is 0 Å². The summed E-state index contributed by atoms with van der Waals surface area (Å²) in [6.07, 6.45) is 1.48. The quantitative estimate of drug-likeness (QED) is 0.857. The first kappa shape index (κ1) is 12.8. The monoisotopic (exact) mass is 259 g/mol. The molecule has 1 aromatic carbocycles. The van der Waals surface area contributed by atoms with E-state index in [1.165, 1.54) is 16.9 Å². The minimum atomic E-state index is -1.11. The van der Waals surface area contributed by atoms with Gasteiger partial charge in [-0.2, -0.15) is 5.10 Å². The van der Waals surface area contributed by atoms with Gasteiger partial charge in [-0.3, -0.25) is 9.48 Å². The molecule has 0 aliphatic heterocycles. The van der Waals surface area contributed by atoms with E-state index in [1.807, 2.05) is 0 Å². The Hall–Kier alpha value is -2.63. The molecule has 0 aliphatic carbocycles. The molecule has 1 heterocycles. The second-order valence-corrected chi connectivity index (χ2v) is 4.00. The summed E-state index contributed by atoms with van der Waals surface area (Å²) in [5, 5.41) is 15.6. The Labute approximate surface area is 109 Å². The molecule has 0 bridgehead atoms. The van der Waals surface area contributed by atoms with Crippen molar-refractivity contribution in [3.63, 3.8) is 0 Å². The third kappa shape index (κ3) is 2.79. The minimum Gasteiger partial charge on any atom is -0.479 e. The number of aryl methyl sites for hydroxylation is 1. The van der Waals surface area contributed by atoms with Crippen LogP contribution < -0.4 is 5.32 Å². The molecule has 0 saturated carbocycles. The molecule has 0 fully saturated rings. The van der Waals surface area contributed by atoms with Crippen molar-refractivity contribution >= 4 is 11.9 Å². The summed E-state index contributed by atoms with van der Waals surface area (Å²) in [5.74, 6) is -1.59. The van der Waals surface area contributed by atoms with Gasteiger partial charge in [-0.1, -0.05) is 30.3 Å². The van der Waals surface area contributed by atoms with Crippen LogP contribution in [-0.2, 0) is 11.8 Å². The number of carboxylic acid groups (broad SMARTS) is 1. The second kappa shape index (κ2) is 5.34. The van der Waals surface area contributed by atoms with Crippen LogP contribution >= 0.6 is 0 Å². The summed E-state index contributed by atoms with van der Waals surface area (Å²) in [7, 11) is 1.62. The van der Waals surface area contributed by atoms with Gasteiger partial charge in [-0.05, 0) is 11.6 Å². The largest absolute Gasteiger partial charge is 0.479 e. The van der Waals surface area contributed by atoms with Gasteiger partial charge in [-0.15, -0.1) is 0 Å². The lowest BCUT2D eigenvalue weighted by molar-refractivity contribution is -0.139. The van der Waals surface area contributed by atoms with Crippen LogP contribution in [0.1, 0.15) is 22.1 Å². The first-order valence-electron chi connectivity index (χ1n) is 5.66. The molecule has 6 nitrogen and oxygen atoms in total. The van der Waals surface area contributed by atoms with Crippen LogP contribution in [0.2, 0.25) is 0 Å². The zero-order chi connectivity index (χ0) is 13.8. The molecule has 0 radical (unpaired) electrons. The summed E-state index contributed by atoms with van der Waals surface area (Å²) in [5.41, 5.74) is 0.827. The van der Waals surface area contributed by atoms with E-state index in [-0.39, 0.29) is 0 Å². The Morgan fingerprint density at radius 2 is 1.95 bits per heavy atom. The molecule has 1 atom stereocenters. The first-order chi connectivity index (χ1) is 9.09. The van der Waals surface area contributed by atoms with Crippen LogP contribution in [0.4, 0.5) is 0 Å². The van der Waals surface area contributed by atoms with Crippen LogP contribution in [0.5, 0.6) is 0 Å². The van der Waals surface area contributed by atoms with E-state index >= 15 is 0 Å². The molecule has 0 unspecified atom stereocenters. The molecular weight excluding hydrogens is 246 g/mol. The predicted molar refractivity (Wildman–Crippen MR) is 67.5 cm³/mol. The predicted octanol–water partition coefficient (Wildman–Crippen LogP) is 0.976. The van der Waals surface area contributed by atoms with Crippen LogP contribution in [-0.4, -0.2) is 26.8 Å². The Kier molecular flexibility index (Phi) is 3.61. The molecular formula is C13H13N3O3. The van der Waals surface area contributed by atoms with Gasteiger partial charge in [0, 0.05) is 13.2 Å². The van der Waals surface area contributed by atoms with Gasteiger partial charge in [0.1, 0.15) is 5.69 Å². The Bertz CT molecular complexity index is 592. The number of nitrogens with zero attached hydrogens (tertiary/aromatic N) is 2. The van der Waals surface area contributed by atoms with Gasteiger partial charge in [0.15, 0.2) is 6.04 Å². The number of hydrogen-bond acceptors (Lipinski definition) is 3. The molecule has 1 aromatic heterocycles. The number of aromatic nitrogens is 2. The maximum Gasteiger partial charge on any atom is 0.330 e. The highest BCUT2D eigenvalue weighted by atomic mass is 16.4. The molecule has 6 heteroatoms. The SMILES string of the molecule is Cn1nccc1C(=O)N[C@H](C(=O)O)c1ccccc1. The van der Waals surface area contributed by atoms with E-state index < -0.39 is 17.9 Å². The van der Waals surface area contributed by atoms with E-state index in [0.29, 0.717) is 11.3 Å². The fraction of sp³-hybridized carbons (Fsp3) is 0.154. The highest BCUT2D eigenvalue weighted by molar-refractivity contribution is 5.95. The fourth-order valence-corrected chi connectivity index (χ4v) is 1.73. The summed E-state index contributed by atoms with van der Waals surface area (Å²) < 4.78 is 1.39. The van der Waals surface area contributed by atoms with E-state index in [0.717, 1.165) is 0 Å². The van der Waals surface area contributed by atoms with Crippen molar-refractivity contribution in [1.29, 1.82) is 0 Å². The number of carbonyl (C=O) groups excluding carboxylic acids is 1. The van der Waals surface area contributed by atoms with Gasteiger partial charge in [0.2, 0.25) is 0 Å². The molecule has 1 amide bonds. The van der Waals surface area contributed by atoms with E-state index in [1.54, 1.807) is 37.4 Å². The molecule has 0 spiro atoms. The lowest BCUT2D eigenvalue weighted by atomic mass is 10.1. The Balaban J connectivity index is 2.21. The van der Waals surface area contributed by atoms with Crippen LogP contribution in [0, 0.1) is 0 Å². The lowest BCUT2D eigenvalue weighted by Crippen LogP contribution is -2.34. The number of carboxylic acids is 1. The average molecular weight is 259 g/mol. The molecule has 98 valence electrons. The van der Waals surface area contributed by atoms with E-state index in [2.05, 4.69) is 10.4 Å². The molecule has 19 heavy (non-hydrogen) atoms. The number of rotatable bonds is 4. The molecule has 0 aliphatic rings. The first-order valence-corrected chi connectivity index (χ1v) is 5.66. The van der Waals surface area contributed by atoms with Crippen LogP contribution in [0.25, 0.3) is 0 Å². The topological polar surface area (TPSA) is 84.2 Å². The summed E-state index contributed by atoms with van der Waals surface area (Å²) >= 11 is 0. The average Bonchev–Trinajstić information content (AvgIpc) is 2.82. The number of amides is 1. The van der Waals surface area contributed by atoms with Crippen molar-refractivity contribution in [3.8, 4) is 0 Å². The van der Waals surface area contributed by atoms with Crippen LogP contribution in [0.15, 0.2) is 42.6 Å².